The molecule has 0 bridgehead atoms. The summed E-state index contributed by atoms with van der Waals surface area (Å²) in [6.07, 6.45) is 3.48. The highest BCUT2D eigenvalue weighted by molar-refractivity contribution is 5.53. The number of hydrogen-bond acceptors (Lipinski definition) is 6. The molecule has 0 aliphatic heterocycles. The fourth-order valence-electron chi connectivity index (χ4n) is 1.87. The van der Waals surface area contributed by atoms with Crippen LogP contribution >= 0.6 is 0 Å². The van der Waals surface area contributed by atoms with Crippen LogP contribution in [-0.4, -0.2) is 22.8 Å². The number of benzene rings is 1. The molecule has 3 rings (SSSR count). The molecule has 112 valence electrons. The van der Waals surface area contributed by atoms with Crippen molar-refractivity contribution in [3.8, 4) is 5.75 Å². The quantitative estimate of drug-likeness (QED) is 0.778. The number of nitrogens with zero attached hydrogens (tertiary/aromatic N) is 2. The third-order valence-electron chi connectivity index (χ3n) is 3.16. The lowest BCUT2D eigenvalue weighted by Crippen LogP contribution is -2.15. The van der Waals surface area contributed by atoms with E-state index < -0.39 is 0 Å². The van der Waals surface area contributed by atoms with Gasteiger partial charge < -0.3 is 19.8 Å². The maximum absolute atomic E-state index is 5.54. The van der Waals surface area contributed by atoms with Crippen molar-refractivity contribution in [2.75, 3.05) is 11.9 Å². The van der Waals surface area contributed by atoms with Crippen molar-refractivity contribution in [3.63, 3.8) is 0 Å². The number of aromatic nitrogens is 2. The van der Waals surface area contributed by atoms with Crippen LogP contribution in [0.2, 0.25) is 0 Å². The Balaban J connectivity index is 1.52. The van der Waals surface area contributed by atoms with Gasteiger partial charge in [0.25, 0.3) is 0 Å². The lowest BCUT2D eigenvalue weighted by Gasteiger charge is -2.05. The molecule has 0 unspecified atom stereocenters. The van der Waals surface area contributed by atoms with E-state index >= 15 is 0 Å². The average molecular weight is 288 g/mol. The number of ether oxygens (including phenoxy) is 1. The zero-order valence-electron chi connectivity index (χ0n) is 12.1. The van der Waals surface area contributed by atoms with Crippen molar-refractivity contribution in [1.29, 1.82) is 0 Å². The number of anilines is 2. The first kappa shape index (κ1) is 13.9. The third-order valence-corrected chi connectivity index (χ3v) is 3.16. The fourth-order valence-corrected chi connectivity index (χ4v) is 1.87. The normalized spacial score (nSPS) is 14.1. The van der Waals surface area contributed by atoms with E-state index in [2.05, 4.69) is 27.8 Å². The third kappa shape index (κ3) is 4.19. The summed E-state index contributed by atoms with van der Waals surface area (Å²) >= 11 is 0. The molecule has 1 aromatic heterocycles. The highest BCUT2D eigenvalue weighted by Crippen LogP contribution is 2.21. The smallest absolute Gasteiger partial charge is 0.320 e. The molecular formula is C15H20N4O2. The molecule has 2 N–H and O–H groups in total. The molecule has 1 heterocycles. The van der Waals surface area contributed by atoms with Crippen LogP contribution in [0.25, 0.3) is 0 Å². The van der Waals surface area contributed by atoms with Crippen LogP contribution in [0, 0.1) is 0 Å². The topological polar surface area (TPSA) is 72.2 Å². The lowest BCUT2D eigenvalue weighted by atomic mass is 10.3. The molecule has 0 saturated heterocycles. The van der Waals surface area contributed by atoms with Crippen molar-refractivity contribution >= 4 is 11.7 Å². The number of nitrogens with one attached hydrogen (secondary N) is 2. The first-order valence-corrected chi connectivity index (χ1v) is 7.39. The number of hydrogen-bond donors (Lipinski definition) is 2. The Morgan fingerprint density at radius 1 is 1.24 bits per heavy atom. The summed E-state index contributed by atoms with van der Waals surface area (Å²) in [5.74, 6) is 1.47. The van der Waals surface area contributed by atoms with E-state index in [9.17, 15) is 0 Å². The van der Waals surface area contributed by atoms with Gasteiger partial charge in [0.1, 0.15) is 5.75 Å². The van der Waals surface area contributed by atoms with Crippen LogP contribution in [0.4, 0.5) is 11.7 Å². The van der Waals surface area contributed by atoms with Gasteiger partial charge in [0, 0.05) is 11.7 Å². The van der Waals surface area contributed by atoms with Crippen LogP contribution in [0.3, 0.4) is 0 Å². The zero-order chi connectivity index (χ0) is 14.5. The molecule has 1 aliphatic carbocycles. The van der Waals surface area contributed by atoms with Gasteiger partial charge in [-0.3, -0.25) is 0 Å². The molecule has 6 nitrogen and oxygen atoms in total. The van der Waals surface area contributed by atoms with Crippen molar-refractivity contribution in [1.82, 2.24) is 15.5 Å². The lowest BCUT2D eigenvalue weighted by molar-refractivity contribution is 0.317. The minimum absolute atomic E-state index is 0.407. The van der Waals surface area contributed by atoms with Gasteiger partial charge in [0.15, 0.2) is 0 Å². The summed E-state index contributed by atoms with van der Waals surface area (Å²) in [7, 11) is 0. The van der Waals surface area contributed by atoms with E-state index in [1.807, 2.05) is 24.3 Å². The molecule has 21 heavy (non-hydrogen) atoms. The van der Waals surface area contributed by atoms with E-state index in [1.165, 1.54) is 12.8 Å². The molecule has 0 spiro atoms. The second kappa shape index (κ2) is 6.58. The van der Waals surface area contributed by atoms with Gasteiger partial charge >= 0.3 is 6.01 Å². The molecular weight excluding hydrogens is 268 g/mol. The summed E-state index contributed by atoms with van der Waals surface area (Å²) in [5, 5.41) is 14.4. The van der Waals surface area contributed by atoms with Gasteiger partial charge in [-0.15, -0.1) is 5.10 Å². The van der Waals surface area contributed by atoms with Gasteiger partial charge in [-0.05, 0) is 43.5 Å². The maximum Gasteiger partial charge on any atom is 0.320 e. The van der Waals surface area contributed by atoms with Gasteiger partial charge in [-0.2, -0.15) is 0 Å². The summed E-state index contributed by atoms with van der Waals surface area (Å²) in [6, 6.07) is 8.73. The van der Waals surface area contributed by atoms with Crippen molar-refractivity contribution in [2.24, 2.45) is 0 Å². The Bertz CT molecular complexity index is 563. The van der Waals surface area contributed by atoms with E-state index in [1.54, 1.807) is 0 Å². The molecule has 1 fully saturated rings. The zero-order valence-corrected chi connectivity index (χ0v) is 12.1. The second-order valence-electron chi connectivity index (χ2n) is 5.15. The monoisotopic (exact) mass is 288 g/mol. The first-order valence-electron chi connectivity index (χ1n) is 7.39. The Morgan fingerprint density at radius 3 is 2.76 bits per heavy atom. The Hall–Kier alpha value is -2.08. The molecule has 2 aromatic rings. The first-order chi connectivity index (χ1) is 10.3. The Labute approximate surface area is 123 Å². The van der Waals surface area contributed by atoms with E-state index in [-0.39, 0.29) is 0 Å². The van der Waals surface area contributed by atoms with Crippen LogP contribution in [-0.2, 0) is 6.54 Å². The minimum atomic E-state index is 0.407. The fraction of sp³-hybridized carbons (Fsp3) is 0.467. The molecule has 6 heteroatoms. The summed E-state index contributed by atoms with van der Waals surface area (Å²) in [5.41, 5.74) is 0.893. The maximum atomic E-state index is 5.54. The van der Waals surface area contributed by atoms with Gasteiger partial charge in [-0.25, -0.2) is 0 Å². The van der Waals surface area contributed by atoms with Crippen LogP contribution < -0.4 is 15.4 Å². The van der Waals surface area contributed by atoms with Crippen molar-refractivity contribution in [2.45, 2.75) is 38.8 Å². The van der Waals surface area contributed by atoms with Crippen molar-refractivity contribution < 1.29 is 9.15 Å². The SMILES string of the molecule is CCCOc1ccc(Nc2nnc(CNC3CC3)o2)cc1. The molecule has 0 radical (unpaired) electrons. The molecule has 0 atom stereocenters. The van der Waals surface area contributed by atoms with Crippen LogP contribution in [0.5, 0.6) is 5.75 Å². The van der Waals surface area contributed by atoms with Gasteiger partial charge in [0.2, 0.25) is 5.89 Å². The van der Waals surface area contributed by atoms with Gasteiger partial charge in [0.05, 0.1) is 13.2 Å². The summed E-state index contributed by atoms with van der Waals surface area (Å²) in [6.45, 7) is 3.44. The predicted octanol–water partition coefficient (Wildman–Crippen LogP) is 2.85. The largest absolute Gasteiger partial charge is 0.494 e. The average Bonchev–Trinajstić information content (AvgIpc) is 3.24. The predicted molar refractivity (Wildman–Crippen MR) is 79.7 cm³/mol. The van der Waals surface area contributed by atoms with E-state index in [0.717, 1.165) is 24.5 Å². The highest BCUT2D eigenvalue weighted by atomic mass is 16.5. The summed E-state index contributed by atoms with van der Waals surface area (Å²) < 4.78 is 11.1. The molecule has 1 aliphatic rings. The molecule has 0 amide bonds. The van der Waals surface area contributed by atoms with E-state index in [0.29, 0.717) is 24.5 Å². The highest BCUT2D eigenvalue weighted by Gasteiger charge is 2.21. The number of rotatable bonds is 8. The van der Waals surface area contributed by atoms with Crippen LogP contribution in [0.1, 0.15) is 32.1 Å². The Morgan fingerprint density at radius 2 is 2.05 bits per heavy atom. The standard InChI is InChI=1S/C15H20N4O2/c1-2-9-20-13-7-5-12(6-8-13)17-15-19-18-14(21-15)10-16-11-3-4-11/h5-8,11,16H,2-4,9-10H2,1H3,(H,17,19). The van der Waals surface area contributed by atoms with E-state index in [4.69, 9.17) is 9.15 Å². The molecule has 1 saturated carbocycles. The van der Waals surface area contributed by atoms with Crippen LogP contribution in [0.15, 0.2) is 28.7 Å². The minimum Gasteiger partial charge on any atom is -0.494 e. The summed E-state index contributed by atoms with van der Waals surface area (Å²) in [4.78, 5) is 0. The van der Waals surface area contributed by atoms with Gasteiger partial charge in [-0.1, -0.05) is 12.0 Å². The second-order valence-corrected chi connectivity index (χ2v) is 5.15. The molecule has 1 aromatic carbocycles. The van der Waals surface area contributed by atoms with Crippen molar-refractivity contribution in [3.05, 3.63) is 30.2 Å². The Kier molecular flexibility index (Phi) is 4.35.